The zero-order chi connectivity index (χ0) is 13.5. The molecule has 0 radical (unpaired) electrons. The van der Waals surface area contributed by atoms with E-state index in [0.717, 1.165) is 12.0 Å². The van der Waals surface area contributed by atoms with E-state index in [0.29, 0.717) is 5.69 Å². The van der Waals surface area contributed by atoms with E-state index in [1.54, 1.807) is 30.3 Å². The van der Waals surface area contributed by atoms with Crippen molar-refractivity contribution in [2.24, 2.45) is 0 Å². The van der Waals surface area contributed by atoms with Gasteiger partial charge in [-0.2, -0.15) is 0 Å². The van der Waals surface area contributed by atoms with Gasteiger partial charge in [-0.3, -0.25) is 4.79 Å². The topological polar surface area (TPSA) is 46.6 Å². The van der Waals surface area contributed by atoms with Crippen LogP contribution in [0, 0.1) is 0 Å². The van der Waals surface area contributed by atoms with Crippen LogP contribution in [0.5, 0.6) is 0 Å². The molecule has 0 saturated carbocycles. The number of esters is 1. The van der Waals surface area contributed by atoms with Crippen molar-refractivity contribution in [3.05, 3.63) is 43.0 Å². The third-order valence-electron chi connectivity index (χ3n) is 2.27. The Balaban J connectivity index is 2.95. The molecule has 1 amide bonds. The van der Waals surface area contributed by atoms with E-state index in [1.165, 1.54) is 6.08 Å². The Morgan fingerprint density at radius 3 is 2.56 bits per heavy atom. The van der Waals surface area contributed by atoms with Crippen molar-refractivity contribution in [1.82, 2.24) is 0 Å². The average molecular weight is 251 g/mol. The number of hydrogen-bond donors (Lipinski definition) is 0. The van der Waals surface area contributed by atoms with Crippen LogP contribution in [-0.2, 0) is 14.3 Å². The molecule has 1 aromatic rings. The molecule has 1 aromatic carbocycles. The fourth-order valence-electron chi connectivity index (χ4n) is 1.40. The first-order valence-electron chi connectivity index (χ1n) is 5.31. The summed E-state index contributed by atoms with van der Waals surface area (Å²) < 4.78 is 17.8. The molecule has 0 aliphatic carbocycles. The Morgan fingerprint density at radius 2 is 2.06 bits per heavy atom. The molecular formula is C13H14FNO3. The molecule has 0 aliphatic heterocycles. The summed E-state index contributed by atoms with van der Waals surface area (Å²) in [6.45, 7) is 3.61. The fraction of sp³-hybridized carbons (Fsp3) is 0.231. The van der Waals surface area contributed by atoms with Gasteiger partial charge < -0.3 is 9.64 Å². The fourth-order valence-corrected chi connectivity index (χ4v) is 1.40. The van der Waals surface area contributed by atoms with Gasteiger partial charge in [-0.1, -0.05) is 24.3 Å². The van der Waals surface area contributed by atoms with E-state index in [1.807, 2.05) is 0 Å². The molecule has 4 nitrogen and oxygen atoms in total. The van der Waals surface area contributed by atoms with Crippen LogP contribution in [0.2, 0.25) is 0 Å². The zero-order valence-corrected chi connectivity index (χ0v) is 10.0. The highest BCUT2D eigenvalue weighted by Gasteiger charge is 2.31. The molecule has 0 heterocycles. The number of hydrogen-bond acceptors (Lipinski definition) is 3. The number of nitrogens with zero attached hydrogens (tertiary/aromatic N) is 1. The first-order chi connectivity index (χ1) is 8.61. The number of alkyl halides is 1. The van der Waals surface area contributed by atoms with Crippen molar-refractivity contribution in [3.63, 3.8) is 0 Å². The number of ether oxygens (including phenoxy) is 1. The second-order valence-corrected chi connectivity index (χ2v) is 3.46. The highest BCUT2D eigenvalue weighted by atomic mass is 19.1. The highest BCUT2D eigenvalue weighted by Crippen LogP contribution is 2.15. The quantitative estimate of drug-likeness (QED) is 0.455. The second kappa shape index (κ2) is 6.54. The van der Waals surface area contributed by atoms with E-state index < -0.39 is 18.0 Å². The lowest BCUT2D eigenvalue weighted by atomic mass is 10.2. The van der Waals surface area contributed by atoms with Gasteiger partial charge in [0.05, 0.1) is 7.11 Å². The van der Waals surface area contributed by atoms with Crippen LogP contribution in [-0.4, -0.2) is 31.7 Å². The van der Waals surface area contributed by atoms with Gasteiger partial charge in [-0.05, 0) is 12.1 Å². The van der Waals surface area contributed by atoms with Gasteiger partial charge in [-0.25, -0.2) is 9.18 Å². The molecule has 18 heavy (non-hydrogen) atoms. The number of para-hydroxylation sites is 1. The van der Waals surface area contributed by atoms with Crippen molar-refractivity contribution in [3.8, 4) is 0 Å². The van der Waals surface area contributed by atoms with Gasteiger partial charge in [-0.15, -0.1) is 6.58 Å². The zero-order valence-electron chi connectivity index (χ0n) is 10.0. The predicted octanol–water partition coefficient (Wildman–Crippen LogP) is 1.72. The van der Waals surface area contributed by atoms with Crippen LogP contribution < -0.4 is 4.90 Å². The van der Waals surface area contributed by atoms with Crippen LogP contribution in [0.4, 0.5) is 10.1 Å². The van der Waals surface area contributed by atoms with E-state index in [4.69, 9.17) is 0 Å². The summed E-state index contributed by atoms with van der Waals surface area (Å²) in [6, 6.07) is 8.48. The Kier molecular flexibility index (Phi) is 5.05. The van der Waals surface area contributed by atoms with Gasteiger partial charge in [0.1, 0.15) is 0 Å². The lowest BCUT2D eigenvalue weighted by Gasteiger charge is -2.22. The predicted molar refractivity (Wildman–Crippen MR) is 65.9 cm³/mol. The van der Waals surface area contributed by atoms with Gasteiger partial charge in [0.2, 0.25) is 0 Å². The van der Waals surface area contributed by atoms with Crippen molar-refractivity contribution in [2.75, 3.05) is 18.6 Å². The Hall–Kier alpha value is -2.17. The third-order valence-corrected chi connectivity index (χ3v) is 2.27. The van der Waals surface area contributed by atoms with E-state index in [-0.39, 0.29) is 6.54 Å². The monoisotopic (exact) mass is 251 g/mol. The number of benzene rings is 1. The number of rotatable bonds is 5. The molecule has 0 aromatic heterocycles. The van der Waals surface area contributed by atoms with Crippen LogP contribution in [0.1, 0.15) is 0 Å². The molecule has 0 saturated heterocycles. The maximum Gasteiger partial charge on any atom is 0.350 e. The number of halogens is 1. The van der Waals surface area contributed by atoms with Gasteiger partial charge in [0.15, 0.2) is 0 Å². The minimum absolute atomic E-state index is 0.111. The molecule has 0 aliphatic rings. The number of carbonyl (C=O) groups is 2. The average Bonchev–Trinajstić information content (AvgIpc) is 2.43. The highest BCUT2D eigenvalue weighted by molar-refractivity contribution is 6.08. The van der Waals surface area contributed by atoms with Crippen LogP contribution in [0.25, 0.3) is 0 Å². The molecule has 5 heteroatoms. The molecule has 0 spiro atoms. The number of methoxy groups -OCH3 is 1. The van der Waals surface area contributed by atoms with Crippen LogP contribution in [0.15, 0.2) is 43.0 Å². The Bertz CT molecular complexity index is 433. The maximum atomic E-state index is 13.5. The molecular weight excluding hydrogens is 237 g/mol. The minimum atomic E-state index is -2.32. The summed E-state index contributed by atoms with van der Waals surface area (Å²) in [6.07, 6.45) is -0.871. The van der Waals surface area contributed by atoms with E-state index in [2.05, 4.69) is 11.3 Å². The maximum absolute atomic E-state index is 13.5. The smallest absolute Gasteiger partial charge is 0.350 e. The summed E-state index contributed by atoms with van der Waals surface area (Å²) >= 11 is 0. The van der Waals surface area contributed by atoms with E-state index in [9.17, 15) is 14.0 Å². The van der Waals surface area contributed by atoms with Crippen molar-refractivity contribution in [1.29, 1.82) is 0 Å². The molecule has 0 fully saturated rings. The molecule has 1 rings (SSSR count). The van der Waals surface area contributed by atoms with Crippen LogP contribution >= 0.6 is 0 Å². The summed E-state index contributed by atoms with van der Waals surface area (Å²) in [4.78, 5) is 24.0. The molecule has 0 bridgehead atoms. The first-order valence-corrected chi connectivity index (χ1v) is 5.31. The normalized spacial score (nSPS) is 11.4. The Labute approximate surface area is 105 Å². The first kappa shape index (κ1) is 13.9. The van der Waals surface area contributed by atoms with Crippen molar-refractivity contribution < 1.29 is 18.7 Å². The number of amides is 1. The standard InChI is InChI=1S/C13H14FNO3/c1-3-9-15(10-7-5-4-6-8-10)12(16)11(14)13(17)18-2/h3-8,11H,1,9H2,2H3. The Morgan fingerprint density at radius 1 is 1.44 bits per heavy atom. The summed E-state index contributed by atoms with van der Waals surface area (Å²) in [5, 5.41) is 0. The minimum Gasteiger partial charge on any atom is -0.466 e. The molecule has 1 atom stereocenters. The van der Waals surface area contributed by atoms with Gasteiger partial charge in [0.25, 0.3) is 12.1 Å². The third kappa shape index (κ3) is 3.16. The molecule has 0 N–H and O–H groups in total. The largest absolute Gasteiger partial charge is 0.466 e. The SMILES string of the molecule is C=CCN(C(=O)C(F)C(=O)OC)c1ccccc1. The number of anilines is 1. The van der Waals surface area contributed by atoms with Crippen molar-refractivity contribution in [2.45, 2.75) is 6.17 Å². The van der Waals surface area contributed by atoms with Gasteiger partial charge >= 0.3 is 5.97 Å². The van der Waals surface area contributed by atoms with Gasteiger partial charge in [0, 0.05) is 12.2 Å². The molecule has 1 unspecified atom stereocenters. The van der Waals surface area contributed by atoms with E-state index >= 15 is 0 Å². The summed E-state index contributed by atoms with van der Waals surface area (Å²) in [5.74, 6) is -2.17. The molecule has 96 valence electrons. The van der Waals surface area contributed by atoms with Crippen molar-refractivity contribution >= 4 is 17.6 Å². The lowest BCUT2D eigenvalue weighted by Crippen LogP contribution is -2.41. The van der Waals surface area contributed by atoms with Crippen LogP contribution in [0.3, 0.4) is 0 Å². The summed E-state index contributed by atoms with van der Waals surface area (Å²) in [5.41, 5.74) is 0.494. The lowest BCUT2D eigenvalue weighted by molar-refractivity contribution is -0.150. The number of carbonyl (C=O) groups excluding carboxylic acids is 2. The second-order valence-electron chi connectivity index (χ2n) is 3.46. The summed E-state index contributed by atoms with van der Waals surface area (Å²) in [7, 11) is 1.03.